The summed E-state index contributed by atoms with van der Waals surface area (Å²) in [5.74, 6) is -1.87. The minimum Gasteiger partial charge on any atom is -0.508 e. The molecular weight excluding hydrogens is 264 g/mol. The van der Waals surface area contributed by atoms with E-state index in [-0.39, 0.29) is 17.7 Å². The molecule has 0 radical (unpaired) electrons. The van der Waals surface area contributed by atoms with Crippen molar-refractivity contribution in [3.05, 3.63) is 29.3 Å². The molecule has 0 unspecified atom stereocenters. The first-order chi connectivity index (χ1) is 9.32. The fourth-order valence-electron chi connectivity index (χ4n) is 2.06. The zero-order chi connectivity index (χ0) is 15.3. The molecule has 0 spiro atoms. The number of carbonyl (C=O) groups is 3. The first-order valence-electron chi connectivity index (χ1n) is 5.89. The summed E-state index contributed by atoms with van der Waals surface area (Å²) in [4.78, 5) is 33.7. The van der Waals surface area contributed by atoms with Crippen molar-refractivity contribution in [3.63, 3.8) is 0 Å². The quantitative estimate of drug-likeness (QED) is 0.603. The lowest BCUT2D eigenvalue weighted by molar-refractivity contribution is -0.157. The van der Waals surface area contributed by atoms with Crippen molar-refractivity contribution in [2.45, 2.75) is 19.8 Å². The lowest BCUT2D eigenvalue weighted by Crippen LogP contribution is -2.34. The van der Waals surface area contributed by atoms with Gasteiger partial charge in [0.1, 0.15) is 12.0 Å². The van der Waals surface area contributed by atoms with Gasteiger partial charge in [0.2, 0.25) is 0 Å². The van der Waals surface area contributed by atoms with Gasteiger partial charge < -0.3 is 14.9 Å². The van der Waals surface area contributed by atoms with Gasteiger partial charge in [-0.05, 0) is 31.0 Å². The summed E-state index contributed by atoms with van der Waals surface area (Å²) >= 11 is 0. The van der Waals surface area contributed by atoms with Crippen molar-refractivity contribution < 1.29 is 29.3 Å². The predicted octanol–water partition coefficient (Wildman–Crippen LogP) is 1.40. The monoisotopic (exact) mass is 280 g/mol. The molecule has 0 aliphatic rings. The molecule has 6 heteroatoms. The van der Waals surface area contributed by atoms with Gasteiger partial charge in [-0.15, -0.1) is 0 Å². The smallest absolute Gasteiger partial charge is 0.312 e. The van der Waals surface area contributed by atoms with E-state index in [4.69, 9.17) is 5.11 Å². The number of ether oxygens (including phenoxy) is 1. The van der Waals surface area contributed by atoms with Crippen LogP contribution in [-0.2, 0) is 20.7 Å². The summed E-state index contributed by atoms with van der Waals surface area (Å²) < 4.78 is 4.65. The van der Waals surface area contributed by atoms with Crippen LogP contribution in [0.15, 0.2) is 18.2 Å². The molecule has 0 amide bonds. The van der Waals surface area contributed by atoms with Crippen molar-refractivity contribution in [2.75, 3.05) is 7.11 Å². The van der Waals surface area contributed by atoms with Gasteiger partial charge in [-0.3, -0.25) is 14.4 Å². The highest BCUT2D eigenvalue weighted by molar-refractivity contribution is 5.84. The average Bonchev–Trinajstić information content (AvgIpc) is 2.38. The molecule has 1 rings (SSSR count). The minimum absolute atomic E-state index is 0.0281. The van der Waals surface area contributed by atoms with E-state index < -0.39 is 23.8 Å². The fourth-order valence-corrected chi connectivity index (χ4v) is 2.06. The standard InChI is InChI=1S/C14H16O6/c1-14(7-12(17)18,13(19)20-2)6-9-3-4-11(16)5-10(9)8-15/h3-5,8,16H,6-7H2,1-2H3,(H,17,18)/t14-/m0/s1. The van der Waals surface area contributed by atoms with Gasteiger partial charge in [0, 0.05) is 5.56 Å². The number of carboxylic acids is 1. The molecule has 6 nitrogen and oxygen atoms in total. The molecule has 0 fully saturated rings. The Morgan fingerprint density at radius 2 is 2.05 bits per heavy atom. The molecule has 0 saturated carbocycles. The summed E-state index contributed by atoms with van der Waals surface area (Å²) in [5.41, 5.74) is -0.590. The third-order valence-electron chi connectivity index (χ3n) is 3.06. The van der Waals surface area contributed by atoms with Crippen LogP contribution in [0.2, 0.25) is 0 Å². The van der Waals surface area contributed by atoms with Crippen molar-refractivity contribution in [1.29, 1.82) is 0 Å². The number of benzene rings is 1. The Hall–Kier alpha value is -2.37. The second-order valence-corrected chi connectivity index (χ2v) is 4.80. The summed E-state index contributed by atoms with van der Waals surface area (Å²) in [7, 11) is 1.18. The van der Waals surface area contributed by atoms with Gasteiger partial charge in [0.15, 0.2) is 0 Å². The molecule has 1 atom stereocenters. The number of hydrogen-bond acceptors (Lipinski definition) is 5. The molecule has 0 aliphatic carbocycles. The summed E-state index contributed by atoms with van der Waals surface area (Å²) in [5, 5.41) is 18.2. The molecular formula is C14H16O6. The molecule has 0 aromatic heterocycles. The minimum atomic E-state index is -1.28. The van der Waals surface area contributed by atoms with Crippen molar-refractivity contribution >= 4 is 18.2 Å². The van der Waals surface area contributed by atoms with Gasteiger partial charge in [-0.25, -0.2) is 0 Å². The van der Waals surface area contributed by atoms with E-state index in [0.29, 0.717) is 11.8 Å². The largest absolute Gasteiger partial charge is 0.508 e. The Labute approximate surface area is 116 Å². The summed E-state index contributed by atoms with van der Waals surface area (Å²) in [6.45, 7) is 1.47. The van der Waals surface area contributed by atoms with Gasteiger partial charge in [-0.2, -0.15) is 0 Å². The van der Waals surface area contributed by atoms with Gasteiger partial charge in [0.05, 0.1) is 18.9 Å². The number of phenols is 1. The molecule has 20 heavy (non-hydrogen) atoms. The van der Waals surface area contributed by atoms with E-state index in [0.717, 1.165) is 0 Å². The van der Waals surface area contributed by atoms with Crippen LogP contribution in [0.1, 0.15) is 29.3 Å². The topological polar surface area (TPSA) is 101 Å². The van der Waals surface area contributed by atoms with Gasteiger partial charge in [-0.1, -0.05) is 6.07 Å². The van der Waals surface area contributed by atoms with Crippen LogP contribution in [0, 0.1) is 5.41 Å². The van der Waals surface area contributed by atoms with Crippen LogP contribution in [0.25, 0.3) is 0 Å². The second kappa shape index (κ2) is 6.18. The fraction of sp³-hybridized carbons (Fsp3) is 0.357. The molecule has 1 aromatic carbocycles. The van der Waals surface area contributed by atoms with Gasteiger partial charge in [0.25, 0.3) is 0 Å². The first kappa shape index (κ1) is 15.7. The number of methoxy groups -OCH3 is 1. The Morgan fingerprint density at radius 1 is 1.40 bits per heavy atom. The molecule has 108 valence electrons. The van der Waals surface area contributed by atoms with E-state index in [9.17, 15) is 19.5 Å². The third-order valence-corrected chi connectivity index (χ3v) is 3.06. The Bertz CT molecular complexity index is 536. The van der Waals surface area contributed by atoms with E-state index in [1.165, 1.54) is 32.2 Å². The van der Waals surface area contributed by atoms with Crippen molar-refractivity contribution in [2.24, 2.45) is 5.41 Å². The van der Waals surface area contributed by atoms with Crippen molar-refractivity contribution in [1.82, 2.24) is 0 Å². The number of phenolic OH excluding ortho intramolecular Hbond substituents is 1. The van der Waals surface area contributed by atoms with Crippen LogP contribution < -0.4 is 0 Å². The number of rotatable bonds is 6. The van der Waals surface area contributed by atoms with Crippen LogP contribution in [0.3, 0.4) is 0 Å². The highest BCUT2D eigenvalue weighted by Gasteiger charge is 2.37. The number of esters is 1. The van der Waals surface area contributed by atoms with E-state index in [1.807, 2.05) is 0 Å². The molecule has 2 N–H and O–H groups in total. The molecule has 0 aliphatic heterocycles. The average molecular weight is 280 g/mol. The molecule has 1 aromatic rings. The maximum absolute atomic E-state index is 11.8. The maximum atomic E-state index is 11.8. The first-order valence-corrected chi connectivity index (χ1v) is 5.89. The van der Waals surface area contributed by atoms with Crippen molar-refractivity contribution in [3.8, 4) is 5.75 Å². The van der Waals surface area contributed by atoms with E-state index in [2.05, 4.69) is 4.74 Å². The predicted molar refractivity (Wildman–Crippen MR) is 69.6 cm³/mol. The van der Waals surface area contributed by atoms with E-state index in [1.54, 1.807) is 0 Å². The lowest BCUT2D eigenvalue weighted by atomic mass is 9.79. The summed E-state index contributed by atoms with van der Waals surface area (Å²) in [6.07, 6.45) is 0.159. The Kier molecular flexibility index (Phi) is 4.85. The SMILES string of the molecule is COC(=O)[C@](C)(CC(=O)O)Cc1ccc(O)cc1C=O. The molecule has 0 bridgehead atoms. The Morgan fingerprint density at radius 3 is 2.55 bits per heavy atom. The second-order valence-electron chi connectivity index (χ2n) is 4.80. The van der Waals surface area contributed by atoms with E-state index >= 15 is 0 Å². The number of hydrogen-bond donors (Lipinski definition) is 2. The normalized spacial score (nSPS) is 13.3. The number of aromatic hydroxyl groups is 1. The van der Waals surface area contributed by atoms with Crippen LogP contribution in [-0.4, -0.2) is 35.5 Å². The lowest BCUT2D eigenvalue weighted by Gasteiger charge is -2.25. The third kappa shape index (κ3) is 3.57. The van der Waals surface area contributed by atoms with Crippen LogP contribution >= 0.6 is 0 Å². The maximum Gasteiger partial charge on any atom is 0.312 e. The zero-order valence-electron chi connectivity index (χ0n) is 11.3. The number of aliphatic carboxylic acids is 1. The summed E-state index contributed by atoms with van der Waals surface area (Å²) in [6, 6.07) is 4.13. The number of carboxylic acid groups (broad SMARTS) is 1. The number of aldehydes is 1. The van der Waals surface area contributed by atoms with Gasteiger partial charge >= 0.3 is 11.9 Å². The molecule has 0 saturated heterocycles. The zero-order valence-corrected chi connectivity index (χ0v) is 11.3. The highest BCUT2D eigenvalue weighted by Crippen LogP contribution is 2.30. The molecule has 0 heterocycles. The Balaban J connectivity index is 3.16. The highest BCUT2D eigenvalue weighted by atomic mass is 16.5. The van der Waals surface area contributed by atoms with Crippen LogP contribution in [0.5, 0.6) is 5.75 Å². The number of carbonyl (C=O) groups excluding carboxylic acids is 2. The van der Waals surface area contributed by atoms with Crippen LogP contribution in [0.4, 0.5) is 0 Å².